The lowest BCUT2D eigenvalue weighted by atomic mass is 9.83. The van der Waals surface area contributed by atoms with E-state index in [4.69, 9.17) is 9.84 Å². The number of nitrogens with one attached hydrogen (secondary N) is 2. The van der Waals surface area contributed by atoms with E-state index >= 15 is 0 Å². The molecule has 0 atom stereocenters. The molecule has 0 aliphatic heterocycles. The number of halogens is 1. The lowest BCUT2D eigenvalue weighted by Crippen LogP contribution is -2.43. The molecule has 3 rings (SSSR count). The van der Waals surface area contributed by atoms with Crippen LogP contribution in [0.5, 0.6) is 0 Å². The zero-order valence-electron chi connectivity index (χ0n) is 19.4. The Morgan fingerprint density at radius 3 is 2.52 bits per heavy atom. The van der Waals surface area contributed by atoms with E-state index in [1.807, 2.05) is 13.1 Å². The summed E-state index contributed by atoms with van der Waals surface area (Å²) in [6, 6.07) is 10.5. The molecule has 1 fully saturated rings. The molecule has 1 aromatic carbocycles. The monoisotopic (exact) mass is 539 g/mol. The molecule has 0 spiro atoms. The summed E-state index contributed by atoms with van der Waals surface area (Å²) in [6.45, 7) is 7.52. The third-order valence-electron chi connectivity index (χ3n) is 6.49. The van der Waals surface area contributed by atoms with Gasteiger partial charge < -0.3 is 15.4 Å². The highest BCUT2D eigenvalue weighted by Gasteiger charge is 2.33. The fourth-order valence-corrected chi connectivity index (χ4v) is 4.52. The lowest BCUT2D eigenvalue weighted by Gasteiger charge is -2.30. The molecule has 0 saturated heterocycles. The highest BCUT2D eigenvalue weighted by molar-refractivity contribution is 14.0. The Balaban J connectivity index is 0.00000341. The molecule has 7 heteroatoms. The van der Waals surface area contributed by atoms with Gasteiger partial charge in [-0.25, -0.2) is 0 Å². The normalized spacial score (nSPS) is 15.5. The van der Waals surface area contributed by atoms with Crippen molar-refractivity contribution in [3.63, 3.8) is 0 Å². The van der Waals surface area contributed by atoms with Gasteiger partial charge >= 0.3 is 0 Å². The van der Waals surface area contributed by atoms with Crippen molar-refractivity contribution >= 4 is 29.9 Å². The zero-order chi connectivity index (χ0) is 21.4. The van der Waals surface area contributed by atoms with Crippen molar-refractivity contribution in [3.8, 4) is 0 Å². The molecule has 2 N–H and O–H groups in total. The molecule has 0 amide bonds. The number of aryl methyl sites for hydroxylation is 1. The van der Waals surface area contributed by atoms with Crippen LogP contribution in [0.4, 0.5) is 0 Å². The van der Waals surface area contributed by atoms with Crippen LogP contribution in [0.3, 0.4) is 0 Å². The van der Waals surface area contributed by atoms with E-state index in [1.165, 1.54) is 42.5 Å². The van der Waals surface area contributed by atoms with Crippen LogP contribution < -0.4 is 10.6 Å². The summed E-state index contributed by atoms with van der Waals surface area (Å²) in [5.74, 6) is 0.855. The van der Waals surface area contributed by atoms with Crippen molar-refractivity contribution < 1.29 is 4.74 Å². The van der Waals surface area contributed by atoms with Crippen LogP contribution in [-0.2, 0) is 17.8 Å². The maximum absolute atomic E-state index is 5.36. The first kappa shape index (κ1) is 25.6. The third-order valence-corrected chi connectivity index (χ3v) is 6.49. The topological polar surface area (TPSA) is 63.5 Å². The van der Waals surface area contributed by atoms with E-state index in [1.54, 1.807) is 7.11 Å². The summed E-state index contributed by atoms with van der Waals surface area (Å²) in [7, 11) is 3.63. The van der Waals surface area contributed by atoms with Gasteiger partial charge in [-0.1, -0.05) is 43.2 Å². The molecular formula is C24H38IN5O. The molecule has 0 radical (unpaired) electrons. The van der Waals surface area contributed by atoms with Crippen LogP contribution in [0.15, 0.2) is 35.3 Å². The van der Waals surface area contributed by atoms with Crippen molar-refractivity contribution in [2.45, 2.75) is 59.0 Å². The summed E-state index contributed by atoms with van der Waals surface area (Å²) in [5, 5.41) is 11.8. The van der Waals surface area contributed by atoms with Crippen LogP contribution in [0.25, 0.3) is 0 Å². The maximum atomic E-state index is 5.36. The van der Waals surface area contributed by atoms with Crippen LogP contribution in [-0.4, -0.2) is 43.0 Å². The molecule has 1 aliphatic rings. The fraction of sp³-hybridized carbons (Fsp3) is 0.583. The molecule has 31 heavy (non-hydrogen) atoms. The average molecular weight is 540 g/mol. The van der Waals surface area contributed by atoms with Crippen molar-refractivity contribution in [2.24, 2.45) is 10.4 Å². The minimum absolute atomic E-state index is 0. The lowest BCUT2D eigenvalue weighted by molar-refractivity contribution is 0.138. The van der Waals surface area contributed by atoms with Crippen molar-refractivity contribution in [1.82, 2.24) is 20.4 Å². The summed E-state index contributed by atoms with van der Waals surface area (Å²) < 4.78 is 7.45. The first-order valence-electron chi connectivity index (χ1n) is 11.1. The van der Waals surface area contributed by atoms with Crippen molar-refractivity contribution in [1.29, 1.82) is 0 Å². The minimum atomic E-state index is 0. The van der Waals surface area contributed by atoms with E-state index in [-0.39, 0.29) is 24.0 Å². The van der Waals surface area contributed by atoms with Crippen LogP contribution in [0.2, 0.25) is 0 Å². The van der Waals surface area contributed by atoms with Gasteiger partial charge in [0.05, 0.1) is 12.2 Å². The maximum Gasteiger partial charge on any atom is 0.191 e. The Hall–Kier alpha value is -1.61. The summed E-state index contributed by atoms with van der Waals surface area (Å²) in [6.07, 6.45) is 6.28. The van der Waals surface area contributed by atoms with E-state index in [0.717, 1.165) is 44.3 Å². The number of methoxy groups -OCH3 is 1. The van der Waals surface area contributed by atoms with Gasteiger partial charge in [0.2, 0.25) is 0 Å². The van der Waals surface area contributed by atoms with E-state index in [0.29, 0.717) is 5.41 Å². The third kappa shape index (κ3) is 6.94. The Morgan fingerprint density at radius 2 is 1.87 bits per heavy atom. The number of guanidine groups is 1. The predicted octanol–water partition coefficient (Wildman–Crippen LogP) is 4.43. The van der Waals surface area contributed by atoms with E-state index in [2.05, 4.69) is 58.4 Å². The highest BCUT2D eigenvalue weighted by Crippen LogP contribution is 2.40. The predicted molar refractivity (Wildman–Crippen MR) is 138 cm³/mol. The first-order chi connectivity index (χ1) is 14.6. The molecule has 2 aromatic rings. The number of ether oxygens (including phenoxy) is 1. The van der Waals surface area contributed by atoms with Crippen LogP contribution in [0.1, 0.15) is 54.6 Å². The van der Waals surface area contributed by atoms with Gasteiger partial charge in [-0.3, -0.25) is 9.67 Å². The number of benzene rings is 1. The SMILES string of the molecule is CN=C(NCc1c(C)nn(Cc2ccccc2)c1C)NCC1(CCOC)CCCC1.I. The zero-order valence-corrected chi connectivity index (χ0v) is 21.7. The Bertz CT molecular complexity index is 828. The van der Waals surface area contributed by atoms with Gasteiger partial charge in [-0.05, 0) is 44.1 Å². The number of aliphatic imine (C=N–C) groups is 1. The average Bonchev–Trinajstić information content (AvgIpc) is 3.33. The number of rotatable bonds is 9. The summed E-state index contributed by atoms with van der Waals surface area (Å²) in [5.41, 5.74) is 5.10. The van der Waals surface area contributed by atoms with Crippen molar-refractivity contribution in [3.05, 3.63) is 52.8 Å². The number of aromatic nitrogens is 2. The van der Waals surface area contributed by atoms with Gasteiger partial charge in [-0.15, -0.1) is 24.0 Å². The summed E-state index contributed by atoms with van der Waals surface area (Å²) >= 11 is 0. The Kier molecular flexibility index (Phi) is 10.3. The Morgan fingerprint density at radius 1 is 1.16 bits per heavy atom. The Labute approximate surface area is 204 Å². The van der Waals surface area contributed by atoms with Gasteiger partial charge in [0.1, 0.15) is 0 Å². The molecule has 1 heterocycles. The first-order valence-corrected chi connectivity index (χ1v) is 11.1. The van der Waals surface area contributed by atoms with Crippen molar-refractivity contribution in [2.75, 3.05) is 27.3 Å². The molecule has 1 saturated carbocycles. The largest absolute Gasteiger partial charge is 0.385 e. The standard InChI is InChI=1S/C24H37N5O.HI/c1-19-22(20(2)29(28-19)17-21-10-6-5-7-11-21)16-26-23(25-3)27-18-24(14-15-30-4)12-8-9-13-24;/h5-7,10-11H,8-9,12-18H2,1-4H3,(H2,25,26,27);1H. The number of nitrogens with zero attached hydrogens (tertiary/aromatic N) is 3. The highest BCUT2D eigenvalue weighted by atomic mass is 127. The number of hydrogen-bond donors (Lipinski definition) is 2. The minimum Gasteiger partial charge on any atom is -0.385 e. The van der Waals surface area contributed by atoms with Gasteiger partial charge in [-0.2, -0.15) is 5.10 Å². The second kappa shape index (κ2) is 12.4. The van der Waals surface area contributed by atoms with E-state index in [9.17, 15) is 0 Å². The smallest absolute Gasteiger partial charge is 0.191 e. The molecule has 0 unspecified atom stereocenters. The van der Waals surface area contributed by atoms with Crippen LogP contribution >= 0.6 is 24.0 Å². The second-order valence-corrected chi connectivity index (χ2v) is 8.52. The molecule has 1 aliphatic carbocycles. The fourth-order valence-electron chi connectivity index (χ4n) is 4.52. The number of hydrogen-bond acceptors (Lipinski definition) is 3. The molecule has 0 bridgehead atoms. The second-order valence-electron chi connectivity index (χ2n) is 8.52. The van der Waals surface area contributed by atoms with Gasteiger partial charge in [0, 0.05) is 45.1 Å². The van der Waals surface area contributed by atoms with Crippen LogP contribution in [0, 0.1) is 19.3 Å². The molecular weight excluding hydrogens is 501 g/mol. The van der Waals surface area contributed by atoms with Gasteiger partial charge in [0.15, 0.2) is 5.96 Å². The molecule has 1 aromatic heterocycles. The quantitative estimate of drug-likeness (QED) is 0.281. The summed E-state index contributed by atoms with van der Waals surface area (Å²) in [4.78, 5) is 4.45. The van der Waals surface area contributed by atoms with E-state index < -0.39 is 0 Å². The molecule has 172 valence electrons. The van der Waals surface area contributed by atoms with Gasteiger partial charge in [0.25, 0.3) is 0 Å². The molecule has 6 nitrogen and oxygen atoms in total.